The number of carboxylic acids is 1. The summed E-state index contributed by atoms with van der Waals surface area (Å²) in [6, 6.07) is 4.26. The third-order valence-electron chi connectivity index (χ3n) is 2.95. The Labute approximate surface area is 123 Å². The average molecular weight is 297 g/mol. The van der Waals surface area contributed by atoms with Crippen molar-refractivity contribution in [3.8, 4) is 5.75 Å². The van der Waals surface area contributed by atoms with E-state index in [-0.39, 0.29) is 5.92 Å². The molecule has 0 aromatic heterocycles. The van der Waals surface area contributed by atoms with Crippen LogP contribution in [-0.4, -0.2) is 28.6 Å². The Morgan fingerprint density at radius 1 is 1.24 bits per heavy atom. The predicted octanol–water partition coefficient (Wildman–Crippen LogP) is 2.21. The van der Waals surface area contributed by atoms with E-state index in [1.165, 1.54) is 38.1 Å². The highest BCUT2D eigenvalue weighted by atomic mass is 19.1. The summed E-state index contributed by atoms with van der Waals surface area (Å²) < 4.78 is 18.3. The van der Waals surface area contributed by atoms with Crippen molar-refractivity contribution < 1.29 is 23.8 Å². The fourth-order valence-corrected chi connectivity index (χ4v) is 1.67. The molecular formula is C15H20FNO4. The summed E-state index contributed by atoms with van der Waals surface area (Å²) in [6.07, 6.45) is 0. The highest BCUT2D eigenvalue weighted by Crippen LogP contribution is 2.19. The van der Waals surface area contributed by atoms with Crippen LogP contribution in [0.15, 0.2) is 24.3 Å². The molecule has 0 heterocycles. The standard InChI is InChI=1S/C15H20FNO4/c1-9(2)12(13(18)19)17-14(20)15(3,4)21-11-7-5-10(16)6-8-11/h5-9,12H,1-4H3,(H,17,20)(H,18,19)/t12-/m0/s1. The van der Waals surface area contributed by atoms with Gasteiger partial charge in [-0.3, -0.25) is 4.79 Å². The Morgan fingerprint density at radius 2 is 1.76 bits per heavy atom. The molecule has 1 aromatic rings. The zero-order valence-electron chi connectivity index (χ0n) is 12.5. The zero-order valence-corrected chi connectivity index (χ0v) is 12.5. The van der Waals surface area contributed by atoms with Gasteiger partial charge in [-0.2, -0.15) is 0 Å². The third kappa shape index (κ3) is 4.73. The number of benzene rings is 1. The van der Waals surface area contributed by atoms with Gasteiger partial charge >= 0.3 is 5.97 Å². The number of aliphatic carboxylic acids is 1. The van der Waals surface area contributed by atoms with E-state index in [1.54, 1.807) is 13.8 Å². The van der Waals surface area contributed by atoms with Crippen molar-refractivity contribution in [2.45, 2.75) is 39.3 Å². The van der Waals surface area contributed by atoms with Crippen LogP contribution in [0.4, 0.5) is 4.39 Å². The molecule has 0 spiro atoms. The fourth-order valence-electron chi connectivity index (χ4n) is 1.67. The van der Waals surface area contributed by atoms with Gasteiger partial charge in [0.1, 0.15) is 17.6 Å². The number of halogens is 1. The molecule has 0 unspecified atom stereocenters. The van der Waals surface area contributed by atoms with E-state index in [9.17, 15) is 14.0 Å². The Bertz CT molecular complexity index is 511. The topological polar surface area (TPSA) is 75.6 Å². The van der Waals surface area contributed by atoms with Gasteiger partial charge in [-0.15, -0.1) is 0 Å². The van der Waals surface area contributed by atoms with E-state index in [0.29, 0.717) is 5.75 Å². The monoisotopic (exact) mass is 297 g/mol. The average Bonchev–Trinajstić information content (AvgIpc) is 2.37. The lowest BCUT2D eigenvalue weighted by Gasteiger charge is -2.28. The van der Waals surface area contributed by atoms with Crippen LogP contribution in [0.2, 0.25) is 0 Å². The number of carbonyl (C=O) groups is 2. The minimum Gasteiger partial charge on any atom is -0.480 e. The quantitative estimate of drug-likeness (QED) is 0.844. The van der Waals surface area contributed by atoms with Crippen LogP contribution in [0, 0.1) is 11.7 Å². The van der Waals surface area contributed by atoms with E-state index in [4.69, 9.17) is 9.84 Å². The van der Waals surface area contributed by atoms with Crippen LogP contribution in [0.5, 0.6) is 5.75 Å². The van der Waals surface area contributed by atoms with Gasteiger partial charge < -0.3 is 15.2 Å². The molecule has 1 amide bonds. The molecule has 0 saturated heterocycles. The molecule has 6 heteroatoms. The van der Waals surface area contributed by atoms with Crippen molar-refractivity contribution in [3.05, 3.63) is 30.1 Å². The summed E-state index contributed by atoms with van der Waals surface area (Å²) in [4.78, 5) is 23.3. The maximum absolute atomic E-state index is 12.8. The molecule has 0 radical (unpaired) electrons. The van der Waals surface area contributed by atoms with Crippen molar-refractivity contribution in [3.63, 3.8) is 0 Å². The molecule has 0 saturated carbocycles. The van der Waals surface area contributed by atoms with Crippen LogP contribution in [0.3, 0.4) is 0 Å². The smallest absolute Gasteiger partial charge is 0.326 e. The lowest BCUT2D eigenvalue weighted by Crippen LogP contribution is -2.53. The van der Waals surface area contributed by atoms with Crippen LogP contribution in [0.1, 0.15) is 27.7 Å². The number of carboxylic acid groups (broad SMARTS) is 1. The maximum atomic E-state index is 12.8. The van der Waals surface area contributed by atoms with Gasteiger partial charge in [0.15, 0.2) is 5.60 Å². The minimum absolute atomic E-state index is 0.256. The summed E-state index contributed by atoms with van der Waals surface area (Å²) in [5.74, 6) is -1.99. The van der Waals surface area contributed by atoms with E-state index < -0.39 is 29.3 Å². The lowest BCUT2D eigenvalue weighted by molar-refractivity contribution is -0.146. The molecule has 0 aliphatic heterocycles. The summed E-state index contributed by atoms with van der Waals surface area (Å²) in [5.41, 5.74) is -1.28. The largest absolute Gasteiger partial charge is 0.480 e. The molecule has 116 valence electrons. The number of hydrogen-bond donors (Lipinski definition) is 2. The number of ether oxygens (including phenoxy) is 1. The van der Waals surface area contributed by atoms with E-state index in [2.05, 4.69) is 5.32 Å². The SMILES string of the molecule is CC(C)[C@H](NC(=O)C(C)(C)Oc1ccc(F)cc1)C(=O)O. The van der Waals surface area contributed by atoms with Crippen LogP contribution >= 0.6 is 0 Å². The minimum atomic E-state index is -1.28. The fraction of sp³-hybridized carbons (Fsp3) is 0.467. The van der Waals surface area contributed by atoms with Crippen molar-refractivity contribution in [1.82, 2.24) is 5.32 Å². The normalized spacial score (nSPS) is 12.9. The van der Waals surface area contributed by atoms with Crippen LogP contribution in [-0.2, 0) is 9.59 Å². The first kappa shape index (κ1) is 16.9. The molecular weight excluding hydrogens is 277 g/mol. The van der Waals surface area contributed by atoms with Crippen LogP contribution in [0.25, 0.3) is 0 Å². The molecule has 0 bridgehead atoms. The summed E-state index contributed by atoms with van der Waals surface area (Å²) in [5, 5.41) is 11.5. The Hall–Kier alpha value is -2.11. The van der Waals surface area contributed by atoms with Crippen molar-refractivity contribution in [2.75, 3.05) is 0 Å². The van der Waals surface area contributed by atoms with Crippen LogP contribution < -0.4 is 10.1 Å². The number of carbonyl (C=O) groups excluding carboxylic acids is 1. The first-order valence-electron chi connectivity index (χ1n) is 6.62. The molecule has 21 heavy (non-hydrogen) atoms. The molecule has 1 aromatic carbocycles. The molecule has 1 atom stereocenters. The van der Waals surface area contributed by atoms with E-state index in [0.717, 1.165) is 0 Å². The first-order chi connectivity index (χ1) is 9.63. The van der Waals surface area contributed by atoms with Gasteiger partial charge in [0.2, 0.25) is 0 Å². The second-order valence-corrected chi connectivity index (χ2v) is 5.60. The van der Waals surface area contributed by atoms with Crippen molar-refractivity contribution in [2.24, 2.45) is 5.92 Å². The Balaban J connectivity index is 2.79. The van der Waals surface area contributed by atoms with Gasteiger partial charge in [-0.05, 0) is 44.0 Å². The van der Waals surface area contributed by atoms with Gasteiger partial charge in [-0.25, -0.2) is 9.18 Å². The second-order valence-electron chi connectivity index (χ2n) is 5.60. The molecule has 0 aliphatic rings. The number of amides is 1. The number of rotatable bonds is 6. The molecule has 0 fully saturated rings. The second kappa shape index (κ2) is 6.56. The third-order valence-corrected chi connectivity index (χ3v) is 2.95. The van der Waals surface area contributed by atoms with Gasteiger partial charge in [0.05, 0.1) is 0 Å². The van der Waals surface area contributed by atoms with Crippen molar-refractivity contribution >= 4 is 11.9 Å². The summed E-state index contributed by atoms with van der Waals surface area (Å²) in [6.45, 7) is 6.44. The maximum Gasteiger partial charge on any atom is 0.326 e. The summed E-state index contributed by atoms with van der Waals surface area (Å²) >= 11 is 0. The van der Waals surface area contributed by atoms with E-state index in [1.807, 2.05) is 0 Å². The number of nitrogens with one attached hydrogen (secondary N) is 1. The summed E-state index contributed by atoms with van der Waals surface area (Å²) in [7, 11) is 0. The molecule has 0 aliphatic carbocycles. The Morgan fingerprint density at radius 3 is 2.19 bits per heavy atom. The predicted molar refractivity (Wildman–Crippen MR) is 75.5 cm³/mol. The van der Waals surface area contributed by atoms with Gasteiger partial charge in [0, 0.05) is 0 Å². The first-order valence-corrected chi connectivity index (χ1v) is 6.62. The molecule has 5 nitrogen and oxygen atoms in total. The molecule has 2 N–H and O–H groups in total. The van der Waals surface area contributed by atoms with Gasteiger partial charge in [0.25, 0.3) is 5.91 Å². The van der Waals surface area contributed by atoms with Crippen molar-refractivity contribution in [1.29, 1.82) is 0 Å². The Kier molecular flexibility index (Phi) is 5.29. The van der Waals surface area contributed by atoms with E-state index >= 15 is 0 Å². The molecule has 1 rings (SSSR count). The highest BCUT2D eigenvalue weighted by Gasteiger charge is 2.34. The van der Waals surface area contributed by atoms with Gasteiger partial charge in [-0.1, -0.05) is 13.8 Å². The lowest BCUT2D eigenvalue weighted by atomic mass is 10.0. The number of hydrogen-bond acceptors (Lipinski definition) is 3. The zero-order chi connectivity index (χ0) is 16.2. The highest BCUT2D eigenvalue weighted by molar-refractivity contribution is 5.89.